The van der Waals surface area contributed by atoms with E-state index in [-0.39, 0.29) is 18.2 Å². The minimum Gasteiger partial charge on any atom is -0.342 e. The minimum absolute atomic E-state index is 0.0293. The molecule has 1 amide bonds. The topological polar surface area (TPSA) is 69.7 Å². The number of carbonyl (C=O) groups is 1. The lowest BCUT2D eigenvalue weighted by atomic mass is 9.97. The number of carbonyl (C=O) groups excluding carboxylic acids is 1. The lowest BCUT2D eigenvalue weighted by molar-refractivity contribution is -0.132. The van der Waals surface area contributed by atoms with Crippen molar-refractivity contribution in [2.75, 3.05) is 45.5 Å². The maximum absolute atomic E-state index is 12.1. The third kappa shape index (κ3) is 5.03. The van der Waals surface area contributed by atoms with E-state index >= 15 is 0 Å². The van der Waals surface area contributed by atoms with Crippen LogP contribution in [-0.2, 0) is 14.8 Å². The first-order valence-electron chi connectivity index (χ1n) is 7.33. The summed E-state index contributed by atoms with van der Waals surface area (Å²) in [6.07, 6.45) is 1.98. The summed E-state index contributed by atoms with van der Waals surface area (Å²) in [5.41, 5.74) is 0. The second kappa shape index (κ2) is 7.95. The highest BCUT2D eigenvalue weighted by Crippen LogP contribution is 2.16. The average molecular weight is 305 g/mol. The molecular weight excluding hydrogens is 278 g/mol. The molecular formula is C13H27N3O3S. The van der Waals surface area contributed by atoms with Crippen LogP contribution in [0.1, 0.15) is 26.7 Å². The normalized spacial score (nSPS) is 17.7. The molecule has 1 N–H and O–H groups in total. The molecule has 1 rings (SSSR count). The Kier molecular flexibility index (Phi) is 6.91. The van der Waals surface area contributed by atoms with Gasteiger partial charge in [-0.2, -0.15) is 4.31 Å². The third-order valence-corrected chi connectivity index (χ3v) is 5.66. The van der Waals surface area contributed by atoms with Gasteiger partial charge in [-0.25, -0.2) is 8.42 Å². The summed E-state index contributed by atoms with van der Waals surface area (Å²) >= 11 is 0. The lowest BCUT2D eigenvalue weighted by Crippen LogP contribution is -2.45. The van der Waals surface area contributed by atoms with Crippen molar-refractivity contribution in [2.45, 2.75) is 26.7 Å². The first kappa shape index (κ1) is 17.4. The molecule has 20 heavy (non-hydrogen) atoms. The molecule has 0 aliphatic carbocycles. The smallest absolute Gasteiger partial charge is 0.237 e. The highest BCUT2D eigenvalue weighted by molar-refractivity contribution is 7.89. The molecule has 1 aliphatic rings. The average Bonchev–Trinajstić information content (AvgIpc) is 2.45. The molecule has 118 valence electrons. The van der Waals surface area contributed by atoms with Crippen molar-refractivity contribution >= 4 is 15.9 Å². The fraction of sp³-hybridized carbons (Fsp3) is 0.923. The van der Waals surface area contributed by atoms with Crippen LogP contribution in [0, 0.1) is 5.92 Å². The van der Waals surface area contributed by atoms with E-state index in [0.29, 0.717) is 5.92 Å². The molecule has 0 radical (unpaired) electrons. The summed E-state index contributed by atoms with van der Waals surface area (Å²) in [7, 11) is -1.81. The summed E-state index contributed by atoms with van der Waals surface area (Å²) in [6.45, 7) is 7.06. The standard InChI is InChI=1S/C13H27N3O3S/c1-4-14-10-12-6-8-16(9-7-12)13(17)11-15(3)20(18,19)5-2/h12,14H,4-11H2,1-3H3. The van der Waals surface area contributed by atoms with Crippen LogP contribution in [0.2, 0.25) is 0 Å². The van der Waals surface area contributed by atoms with Gasteiger partial charge in [-0.1, -0.05) is 6.92 Å². The Bertz CT molecular complexity index is 403. The minimum atomic E-state index is -3.28. The van der Waals surface area contributed by atoms with E-state index in [2.05, 4.69) is 12.2 Å². The fourth-order valence-electron chi connectivity index (χ4n) is 2.34. The number of hydrogen-bond donors (Lipinski definition) is 1. The van der Waals surface area contributed by atoms with Crippen LogP contribution < -0.4 is 5.32 Å². The first-order chi connectivity index (χ1) is 9.40. The van der Waals surface area contributed by atoms with Gasteiger partial charge in [0.1, 0.15) is 0 Å². The summed E-state index contributed by atoms with van der Waals surface area (Å²) in [6, 6.07) is 0. The van der Waals surface area contributed by atoms with Crippen LogP contribution in [-0.4, -0.2) is 69.1 Å². The second-order valence-electron chi connectivity index (χ2n) is 5.29. The Morgan fingerprint density at radius 3 is 2.40 bits per heavy atom. The molecule has 1 heterocycles. The van der Waals surface area contributed by atoms with E-state index in [0.717, 1.165) is 43.3 Å². The molecule has 7 heteroatoms. The van der Waals surface area contributed by atoms with Gasteiger partial charge >= 0.3 is 0 Å². The van der Waals surface area contributed by atoms with Gasteiger partial charge < -0.3 is 10.2 Å². The Balaban J connectivity index is 2.40. The highest BCUT2D eigenvalue weighted by atomic mass is 32.2. The van der Waals surface area contributed by atoms with Gasteiger partial charge in [0, 0.05) is 20.1 Å². The maximum Gasteiger partial charge on any atom is 0.237 e. The summed E-state index contributed by atoms with van der Waals surface area (Å²) in [5.74, 6) is 0.559. The SMILES string of the molecule is CCNCC1CCN(C(=O)CN(C)S(=O)(=O)CC)CC1. The van der Waals surface area contributed by atoms with E-state index in [4.69, 9.17) is 0 Å². The second-order valence-corrected chi connectivity index (χ2v) is 7.65. The van der Waals surface area contributed by atoms with Gasteiger partial charge in [0.2, 0.25) is 15.9 Å². The first-order valence-corrected chi connectivity index (χ1v) is 8.94. The predicted molar refractivity (Wildman–Crippen MR) is 79.9 cm³/mol. The zero-order valence-corrected chi connectivity index (χ0v) is 13.6. The molecule has 0 bridgehead atoms. The van der Waals surface area contributed by atoms with Gasteiger partial charge in [0.15, 0.2) is 0 Å². The van der Waals surface area contributed by atoms with Crippen molar-refractivity contribution in [1.29, 1.82) is 0 Å². The van der Waals surface area contributed by atoms with Crippen molar-refractivity contribution < 1.29 is 13.2 Å². The van der Waals surface area contributed by atoms with Crippen LogP contribution in [0.4, 0.5) is 0 Å². The Labute approximate surface area is 122 Å². The number of rotatable bonds is 7. The highest BCUT2D eigenvalue weighted by Gasteiger charge is 2.25. The van der Waals surface area contributed by atoms with Crippen molar-refractivity contribution in [1.82, 2.24) is 14.5 Å². The third-order valence-electron chi connectivity index (χ3n) is 3.85. The van der Waals surface area contributed by atoms with Crippen LogP contribution >= 0.6 is 0 Å². The van der Waals surface area contributed by atoms with Crippen molar-refractivity contribution in [3.8, 4) is 0 Å². The van der Waals surface area contributed by atoms with E-state index < -0.39 is 10.0 Å². The van der Waals surface area contributed by atoms with Gasteiger partial charge in [0.25, 0.3) is 0 Å². The number of amides is 1. The molecule has 1 saturated heterocycles. The number of nitrogens with zero attached hydrogens (tertiary/aromatic N) is 2. The number of likely N-dealkylation sites (N-methyl/N-ethyl adjacent to an activating group) is 1. The predicted octanol–water partition coefficient (Wildman–Crippen LogP) is 0.116. The lowest BCUT2D eigenvalue weighted by Gasteiger charge is -2.33. The van der Waals surface area contributed by atoms with Crippen LogP contribution in [0.3, 0.4) is 0 Å². The Hall–Kier alpha value is -0.660. The van der Waals surface area contributed by atoms with Crippen molar-refractivity contribution in [3.63, 3.8) is 0 Å². The summed E-state index contributed by atoms with van der Waals surface area (Å²) in [5, 5.41) is 3.33. The van der Waals surface area contributed by atoms with Crippen LogP contribution in [0.25, 0.3) is 0 Å². The molecule has 0 aromatic carbocycles. The molecule has 0 saturated carbocycles. The van der Waals surface area contributed by atoms with Crippen molar-refractivity contribution in [3.05, 3.63) is 0 Å². The number of sulfonamides is 1. The molecule has 0 aromatic heterocycles. The molecule has 0 spiro atoms. The van der Waals surface area contributed by atoms with E-state index in [1.807, 2.05) is 0 Å². The molecule has 6 nitrogen and oxygen atoms in total. The van der Waals surface area contributed by atoms with Gasteiger partial charge in [0.05, 0.1) is 12.3 Å². The maximum atomic E-state index is 12.1. The number of piperidine rings is 1. The Morgan fingerprint density at radius 2 is 1.90 bits per heavy atom. The zero-order valence-electron chi connectivity index (χ0n) is 12.8. The molecule has 0 atom stereocenters. The van der Waals surface area contributed by atoms with Gasteiger partial charge in [-0.15, -0.1) is 0 Å². The number of likely N-dealkylation sites (tertiary alicyclic amines) is 1. The van der Waals surface area contributed by atoms with Gasteiger partial charge in [-0.3, -0.25) is 4.79 Å². The largest absolute Gasteiger partial charge is 0.342 e. The van der Waals surface area contributed by atoms with E-state index in [1.54, 1.807) is 11.8 Å². The zero-order chi connectivity index (χ0) is 15.2. The van der Waals surface area contributed by atoms with E-state index in [9.17, 15) is 13.2 Å². The van der Waals surface area contributed by atoms with Crippen LogP contribution in [0.5, 0.6) is 0 Å². The van der Waals surface area contributed by atoms with Crippen LogP contribution in [0.15, 0.2) is 0 Å². The molecule has 0 unspecified atom stereocenters. The Morgan fingerprint density at radius 1 is 1.30 bits per heavy atom. The summed E-state index contributed by atoms with van der Waals surface area (Å²) < 4.78 is 24.4. The quantitative estimate of drug-likeness (QED) is 0.725. The number of nitrogens with one attached hydrogen (secondary N) is 1. The van der Waals surface area contributed by atoms with E-state index in [1.165, 1.54) is 7.05 Å². The number of hydrogen-bond acceptors (Lipinski definition) is 4. The monoisotopic (exact) mass is 305 g/mol. The molecule has 1 aliphatic heterocycles. The fourth-order valence-corrected chi connectivity index (χ4v) is 3.09. The molecule has 0 aromatic rings. The summed E-state index contributed by atoms with van der Waals surface area (Å²) in [4.78, 5) is 13.9. The van der Waals surface area contributed by atoms with Crippen molar-refractivity contribution in [2.24, 2.45) is 5.92 Å². The van der Waals surface area contributed by atoms with Gasteiger partial charge in [-0.05, 0) is 38.8 Å². The molecule has 1 fully saturated rings.